The molecule has 1 fully saturated rings. The van der Waals surface area contributed by atoms with Crippen LogP contribution in [0.25, 0.3) is 16.6 Å². The largest absolute Gasteiger partial charge is 0.337 e. The van der Waals surface area contributed by atoms with E-state index in [9.17, 15) is 4.79 Å². The monoisotopic (exact) mass is 368 g/mol. The number of likely N-dealkylation sites (tertiary alicyclic amines) is 1. The molecule has 2 atom stereocenters. The number of carbonyl (C=O) groups excluding carboxylic acids is 1. The molecule has 4 rings (SSSR count). The van der Waals surface area contributed by atoms with E-state index in [-0.39, 0.29) is 5.91 Å². The van der Waals surface area contributed by atoms with Gasteiger partial charge in [-0.05, 0) is 57.7 Å². The van der Waals surface area contributed by atoms with Gasteiger partial charge >= 0.3 is 0 Å². The van der Waals surface area contributed by atoms with E-state index in [1.165, 1.54) is 29.1 Å². The first-order valence-corrected chi connectivity index (χ1v) is 10.2. The Morgan fingerprint density at radius 3 is 2.69 bits per heavy atom. The van der Waals surface area contributed by atoms with Crippen LogP contribution in [0.2, 0.25) is 0 Å². The number of nitrogens with zero attached hydrogens (tertiary/aromatic N) is 4. The van der Waals surface area contributed by atoms with E-state index < -0.39 is 0 Å². The fraction of sp³-hybridized carbons (Fsp3) is 0.450. The Morgan fingerprint density at radius 2 is 1.92 bits per heavy atom. The Hall–Kier alpha value is -2.08. The number of piperidine rings is 1. The van der Waals surface area contributed by atoms with Crippen molar-refractivity contribution < 1.29 is 4.79 Å². The number of fused-ring (bicyclic) bond motifs is 3. The van der Waals surface area contributed by atoms with Crippen LogP contribution in [0.1, 0.15) is 38.7 Å². The molecule has 6 heteroatoms. The molecule has 5 nitrogen and oxygen atoms in total. The smallest absolute Gasteiger partial charge is 0.233 e. The van der Waals surface area contributed by atoms with Crippen LogP contribution in [-0.4, -0.2) is 43.2 Å². The molecule has 0 bridgehead atoms. The van der Waals surface area contributed by atoms with E-state index in [4.69, 9.17) is 0 Å². The van der Waals surface area contributed by atoms with E-state index in [0.717, 1.165) is 29.2 Å². The van der Waals surface area contributed by atoms with E-state index in [0.29, 0.717) is 17.8 Å². The lowest BCUT2D eigenvalue weighted by atomic mass is 9.98. The number of amides is 1. The van der Waals surface area contributed by atoms with Gasteiger partial charge in [-0.25, -0.2) is 0 Å². The van der Waals surface area contributed by atoms with Gasteiger partial charge in [-0.2, -0.15) is 0 Å². The van der Waals surface area contributed by atoms with Crippen LogP contribution >= 0.6 is 11.8 Å². The van der Waals surface area contributed by atoms with E-state index in [2.05, 4.69) is 58.5 Å². The number of rotatable bonds is 3. The van der Waals surface area contributed by atoms with Gasteiger partial charge < -0.3 is 4.90 Å². The molecule has 1 saturated heterocycles. The minimum Gasteiger partial charge on any atom is -0.337 e. The SMILES string of the molecule is Cc1cc2nnc(SCC(=O)N3[C@H](C)CCC[C@@H]3C)n2c2ccccc12. The Labute approximate surface area is 157 Å². The first-order chi connectivity index (χ1) is 12.6. The first-order valence-electron chi connectivity index (χ1n) is 9.23. The number of thioether (sulfide) groups is 1. The zero-order valence-corrected chi connectivity index (χ0v) is 16.3. The fourth-order valence-corrected chi connectivity index (χ4v) is 4.90. The molecule has 0 radical (unpaired) electrons. The summed E-state index contributed by atoms with van der Waals surface area (Å²) in [5.41, 5.74) is 3.10. The molecule has 0 N–H and O–H groups in total. The summed E-state index contributed by atoms with van der Waals surface area (Å²) < 4.78 is 2.06. The van der Waals surface area contributed by atoms with Gasteiger partial charge in [0.2, 0.25) is 5.91 Å². The zero-order chi connectivity index (χ0) is 18.3. The molecule has 26 heavy (non-hydrogen) atoms. The molecule has 1 amide bonds. The Morgan fingerprint density at radius 1 is 1.19 bits per heavy atom. The van der Waals surface area contributed by atoms with Crippen LogP contribution in [0.3, 0.4) is 0 Å². The standard InChI is InChI=1S/C20H24N4OS/c1-13-11-18-21-22-20(24(18)17-10-5-4-9-16(13)17)26-12-19(25)23-14(2)7-6-8-15(23)3/h4-5,9-11,14-15H,6-8,12H2,1-3H3/t14-,15+. The number of para-hydroxylation sites is 1. The van der Waals surface area contributed by atoms with Crippen LogP contribution in [0, 0.1) is 6.92 Å². The number of hydrogen-bond acceptors (Lipinski definition) is 4. The predicted molar refractivity (Wildman–Crippen MR) is 106 cm³/mol. The highest BCUT2D eigenvalue weighted by Crippen LogP contribution is 2.27. The van der Waals surface area contributed by atoms with Gasteiger partial charge in [-0.1, -0.05) is 30.0 Å². The second-order valence-electron chi connectivity index (χ2n) is 7.24. The maximum atomic E-state index is 12.8. The van der Waals surface area contributed by atoms with Crippen molar-refractivity contribution in [3.8, 4) is 0 Å². The topological polar surface area (TPSA) is 50.5 Å². The minimum absolute atomic E-state index is 0.197. The molecule has 1 aliphatic rings. The number of pyridine rings is 1. The van der Waals surface area contributed by atoms with Gasteiger partial charge in [0, 0.05) is 17.5 Å². The van der Waals surface area contributed by atoms with Gasteiger partial charge in [0.05, 0.1) is 11.3 Å². The summed E-state index contributed by atoms with van der Waals surface area (Å²) >= 11 is 1.48. The highest BCUT2D eigenvalue weighted by Gasteiger charge is 2.29. The Bertz CT molecular complexity index is 957. The molecule has 1 aromatic carbocycles. The lowest BCUT2D eigenvalue weighted by Crippen LogP contribution is -2.48. The average molecular weight is 369 g/mol. The molecule has 0 spiro atoms. The van der Waals surface area contributed by atoms with E-state index in [1.807, 2.05) is 12.1 Å². The number of aryl methyl sites for hydroxylation is 1. The van der Waals surface area contributed by atoms with Gasteiger partial charge in [-0.15, -0.1) is 10.2 Å². The maximum Gasteiger partial charge on any atom is 0.233 e. The average Bonchev–Trinajstić information content (AvgIpc) is 3.03. The molecule has 3 heterocycles. The highest BCUT2D eigenvalue weighted by atomic mass is 32.2. The third kappa shape index (κ3) is 2.96. The van der Waals surface area contributed by atoms with Gasteiger partial charge in [0.1, 0.15) is 0 Å². The van der Waals surface area contributed by atoms with Crippen LogP contribution in [0.15, 0.2) is 35.5 Å². The third-order valence-electron chi connectivity index (χ3n) is 5.38. The number of carbonyl (C=O) groups is 1. The minimum atomic E-state index is 0.197. The predicted octanol–water partition coefficient (Wildman–Crippen LogP) is 4.07. The molecule has 0 aliphatic carbocycles. The fourth-order valence-electron chi connectivity index (χ4n) is 4.08. The number of benzene rings is 1. The van der Waals surface area contributed by atoms with Crippen molar-refractivity contribution in [1.82, 2.24) is 19.5 Å². The molecular formula is C20H24N4OS. The molecule has 0 unspecified atom stereocenters. The summed E-state index contributed by atoms with van der Waals surface area (Å²) in [7, 11) is 0. The quantitative estimate of drug-likeness (QED) is 0.654. The normalized spacial score (nSPS) is 20.8. The van der Waals surface area contributed by atoms with E-state index >= 15 is 0 Å². The van der Waals surface area contributed by atoms with Crippen LogP contribution in [-0.2, 0) is 4.79 Å². The Kier molecular flexibility index (Phi) is 4.61. The zero-order valence-electron chi connectivity index (χ0n) is 15.5. The van der Waals surface area contributed by atoms with Crippen LogP contribution in [0.5, 0.6) is 0 Å². The van der Waals surface area contributed by atoms with Crippen LogP contribution in [0.4, 0.5) is 0 Å². The summed E-state index contributed by atoms with van der Waals surface area (Å²) in [5.74, 6) is 0.598. The first kappa shape index (κ1) is 17.3. The van der Waals surface area contributed by atoms with Crippen molar-refractivity contribution in [3.63, 3.8) is 0 Å². The summed E-state index contributed by atoms with van der Waals surface area (Å²) in [5, 5.41) is 10.6. The maximum absolute atomic E-state index is 12.8. The Balaban J connectivity index is 1.62. The van der Waals surface area contributed by atoms with Crippen molar-refractivity contribution in [1.29, 1.82) is 0 Å². The second kappa shape index (κ2) is 6.91. The number of aromatic nitrogens is 3. The summed E-state index contributed by atoms with van der Waals surface area (Å²) in [6, 6.07) is 11.0. The molecule has 1 aliphatic heterocycles. The molecule has 0 saturated carbocycles. The van der Waals surface area contributed by atoms with Crippen LogP contribution < -0.4 is 0 Å². The van der Waals surface area contributed by atoms with Crippen molar-refractivity contribution in [2.75, 3.05) is 5.75 Å². The lowest BCUT2D eigenvalue weighted by Gasteiger charge is -2.39. The summed E-state index contributed by atoms with van der Waals surface area (Å²) in [6.07, 6.45) is 3.40. The van der Waals surface area contributed by atoms with Gasteiger partial charge in [0.25, 0.3) is 0 Å². The summed E-state index contributed by atoms with van der Waals surface area (Å²) in [4.78, 5) is 14.9. The molecule has 3 aromatic rings. The van der Waals surface area contributed by atoms with E-state index in [1.54, 1.807) is 0 Å². The van der Waals surface area contributed by atoms with Gasteiger partial charge in [0.15, 0.2) is 10.8 Å². The highest BCUT2D eigenvalue weighted by molar-refractivity contribution is 7.99. The third-order valence-corrected chi connectivity index (χ3v) is 6.29. The molecular weight excluding hydrogens is 344 g/mol. The van der Waals surface area contributed by atoms with Crippen molar-refractivity contribution in [2.24, 2.45) is 0 Å². The van der Waals surface area contributed by atoms with Crippen molar-refractivity contribution in [3.05, 3.63) is 35.9 Å². The van der Waals surface area contributed by atoms with Crippen molar-refractivity contribution in [2.45, 2.75) is 57.3 Å². The van der Waals surface area contributed by atoms with Crippen molar-refractivity contribution >= 4 is 34.2 Å². The molecule has 2 aromatic heterocycles. The second-order valence-corrected chi connectivity index (χ2v) is 8.18. The van der Waals surface area contributed by atoms with Gasteiger partial charge in [-0.3, -0.25) is 9.20 Å². The number of hydrogen-bond donors (Lipinski definition) is 0. The summed E-state index contributed by atoms with van der Waals surface area (Å²) in [6.45, 7) is 6.40. The lowest BCUT2D eigenvalue weighted by molar-refractivity contribution is -0.134. The molecule has 136 valence electrons.